The van der Waals surface area contributed by atoms with Gasteiger partial charge in [0.05, 0.1) is 23.6 Å². The highest BCUT2D eigenvalue weighted by molar-refractivity contribution is 7.89. The van der Waals surface area contributed by atoms with E-state index in [1.165, 1.54) is 25.3 Å². The number of hydrogen-bond acceptors (Lipinski definition) is 4. The summed E-state index contributed by atoms with van der Waals surface area (Å²) in [6, 6.07) is 3.69. The zero-order chi connectivity index (χ0) is 13.8. The second-order valence-corrected chi connectivity index (χ2v) is 5.83. The Morgan fingerprint density at radius 1 is 1.50 bits per heavy atom. The number of benzene rings is 1. The van der Waals surface area contributed by atoms with Crippen LogP contribution in [0.2, 0.25) is 5.02 Å². The molecule has 0 spiro atoms. The minimum absolute atomic E-state index is 0.0419. The lowest BCUT2D eigenvalue weighted by Gasteiger charge is -2.14. The van der Waals surface area contributed by atoms with Gasteiger partial charge in [0.15, 0.2) is 0 Å². The zero-order valence-corrected chi connectivity index (χ0v) is 11.8. The third-order valence-electron chi connectivity index (χ3n) is 2.47. The molecular formula is C11H16ClNO4S. The molecule has 0 aliphatic carbocycles. The fourth-order valence-corrected chi connectivity index (χ4v) is 3.01. The van der Waals surface area contributed by atoms with Crippen molar-refractivity contribution in [2.24, 2.45) is 0 Å². The molecule has 0 fully saturated rings. The van der Waals surface area contributed by atoms with E-state index in [9.17, 15) is 8.42 Å². The van der Waals surface area contributed by atoms with E-state index in [0.29, 0.717) is 12.2 Å². The van der Waals surface area contributed by atoms with Crippen LogP contribution >= 0.6 is 11.6 Å². The third-order valence-corrected chi connectivity index (χ3v) is 4.28. The van der Waals surface area contributed by atoms with E-state index in [2.05, 4.69) is 4.72 Å². The molecule has 1 aromatic carbocycles. The number of ether oxygens (including phenoxy) is 1. The first-order valence-electron chi connectivity index (χ1n) is 5.41. The van der Waals surface area contributed by atoms with Gasteiger partial charge in [-0.1, -0.05) is 18.5 Å². The second-order valence-electron chi connectivity index (χ2n) is 3.71. The molecular weight excluding hydrogens is 278 g/mol. The second kappa shape index (κ2) is 6.38. The Morgan fingerprint density at radius 2 is 2.17 bits per heavy atom. The maximum absolute atomic E-state index is 12.0. The predicted octanol–water partition coefficient (Wildman–Crippen LogP) is 1.40. The Labute approximate surface area is 112 Å². The Hall–Kier alpha value is -0.820. The van der Waals surface area contributed by atoms with Crippen molar-refractivity contribution in [2.75, 3.05) is 13.7 Å². The number of sulfonamides is 1. The lowest BCUT2D eigenvalue weighted by Crippen LogP contribution is -2.36. The first kappa shape index (κ1) is 15.2. The molecule has 7 heteroatoms. The summed E-state index contributed by atoms with van der Waals surface area (Å²) >= 11 is 5.87. The van der Waals surface area contributed by atoms with Gasteiger partial charge in [0.25, 0.3) is 0 Å². The van der Waals surface area contributed by atoms with Gasteiger partial charge in [0.2, 0.25) is 10.0 Å². The van der Waals surface area contributed by atoms with Crippen LogP contribution in [0.5, 0.6) is 5.75 Å². The molecule has 0 bridgehead atoms. The van der Waals surface area contributed by atoms with Crippen molar-refractivity contribution in [1.29, 1.82) is 0 Å². The Kier molecular flexibility index (Phi) is 5.40. The molecule has 1 atom stereocenters. The molecule has 5 nitrogen and oxygen atoms in total. The van der Waals surface area contributed by atoms with Gasteiger partial charge in [-0.05, 0) is 24.6 Å². The van der Waals surface area contributed by atoms with Crippen LogP contribution in [0.25, 0.3) is 0 Å². The van der Waals surface area contributed by atoms with Gasteiger partial charge in [-0.15, -0.1) is 0 Å². The molecule has 0 aliphatic heterocycles. The van der Waals surface area contributed by atoms with Crippen molar-refractivity contribution in [3.05, 3.63) is 23.2 Å². The summed E-state index contributed by atoms with van der Waals surface area (Å²) in [6.45, 7) is 1.53. The smallest absolute Gasteiger partial charge is 0.240 e. The molecule has 102 valence electrons. The quantitative estimate of drug-likeness (QED) is 0.831. The Bertz CT molecular complexity index is 500. The fraction of sp³-hybridized carbons (Fsp3) is 0.455. The number of hydrogen-bond donors (Lipinski definition) is 2. The monoisotopic (exact) mass is 293 g/mol. The average Bonchev–Trinajstić information content (AvgIpc) is 2.35. The topological polar surface area (TPSA) is 75.6 Å². The summed E-state index contributed by atoms with van der Waals surface area (Å²) in [7, 11) is -2.23. The molecule has 0 unspecified atom stereocenters. The molecule has 0 saturated heterocycles. The van der Waals surface area contributed by atoms with Gasteiger partial charge < -0.3 is 9.84 Å². The average molecular weight is 294 g/mol. The Morgan fingerprint density at radius 3 is 2.61 bits per heavy atom. The number of aliphatic hydroxyl groups excluding tert-OH is 1. The van der Waals surface area contributed by atoms with Crippen LogP contribution in [0.3, 0.4) is 0 Å². The summed E-state index contributed by atoms with van der Waals surface area (Å²) in [5.74, 6) is 0.407. The standard InChI is InChI=1S/C11H16ClNO4S/c1-3-8(7-14)13-18(15,16)9-4-5-11(17-2)10(12)6-9/h4-6,8,13-14H,3,7H2,1-2H3/t8-/m1/s1. The molecule has 0 radical (unpaired) electrons. The van der Waals surface area contributed by atoms with Gasteiger partial charge in [0.1, 0.15) is 5.75 Å². The SMILES string of the molecule is CC[C@H](CO)NS(=O)(=O)c1ccc(OC)c(Cl)c1. The van der Waals surface area contributed by atoms with E-state index >= 15 is 0 Å². The lowest BCUT2D eigenvalue weighted by atomic mass is 10.3. The molecule has 0 amide bonds. The molecule has 2 N–H and O–H groups in total. The van der Waals surface area contributed by atoms with Crippen molar-refractivity contribution in [3.63, 3.8) is 0 Å². The van der Waals surface area contributed by atoms with Crippen LogP contribution in [0, 0.1) is 0 Å². The highest BCUT2D eigenvalue weighted by Crippen LogP contribution is 2.26. The number of nitrogens with one attached hydrogen (secondary N) is 1. The normalized spacial score (nSPS) is 13.3. The number of rotatable bonds is 6. The van der Waals surface area contributed by atoms with E-state index in [-0.39, 0.29) is 16.5 Å². The maximum Gasteiger partial charge on any atom is 0.240 e. The Balaban J connectivity index is 3.02. The maximum atomic E-state index is 12.0. The van der Waals surface area contributed by atoms with Crippen LogP contribution in [0.4, 0.5) is 0 Å². The van der Waals surface area contributed by atoms with Crippen molar-refractivity contribution in [2.45, 2.75) is 24.3 Å². The first-order chi connectivity index (χ1) is 8.44. The van der Waals surface area contributed by atoms with Crippen LogP contribution in [-0.4, -0.2) is 33.3 Å². The molecule has 0 aliphatic rings. The van der Waals surface area contributed by atoms with Gasteiger partial charge in [0, 0.05) is 6.04 Å². The zero-order valence-electron chi connectivity index (χ0n) is 10.2. The minimum atomic E-state index is -3.68. The summed E-state index contributed by atoms with van der Waals surface area (Å²) in [5.41, 5.74) is 0. The van der Waals surface area contributed by atoms with E-state index in [0.717, 1.165) is 0 Å². The summed E-state index contributed by atoms with van der Waals surface area (Å²) in [6.07, 6.45) is 0.500. The summed E-state index contributed by atoms with van der Waals surface area (Å²) in [5, 5.41) is 9.22. The van der Waals surface area contributed by atoms with E-state index in [4.69, 9.17) is 21.4 Å². The number of methoxy groups -OCH3 is 1. The summed E-state index contributed by atoms with van der Waals surface area (Å²) in [4.78, 5) is 0.0419. The molecule has 18 heavy (non-hydrogen) atoms. The summed E-state index contributed by atoms with van der Waals surface area (Å²) < 4.78 is 31.3. The molecule has 1 aromatic rings. The predicted molar refractivity (Wildman–Crippen MR) is 69.5 cm³/mol. The third kappa shape index (κ3) is 3.58. The van der Waals surface area contributed by atoms with Crippen LogP contribution in [0.1, 0.15) is 13.3 Å². The van der Waals surface area contributed by atoms with E-state index in [1.807, 2.05) is 0 Å². The van der Waals surface area contributed by atoms with Crippen LogP contribution < -0.4 is 9.46 Å². The molecule has 0 saturated carbocycles. The highest BCUT2D eigenvalue weighted by Gasteiger charge is 2.19. The highest BCUT2D eigenvalue weighted by atomic mass is 35.5. The van der Waals surface area contributed by atoms with Crippen LogP contribution in [0.15, 0.2) is 23.1 Å². The fourth-order valence-electron chi connectivity index (χ4n) is 1.35. The first-order valence-corrected chi connectivity index (χ1v) is 7.27. The van der Waals surface area contributed by atoms with E-state index in [1.54, 1.807) is 6.92 Å². The number of aliphatic hydroxyl groups is 1. The largest absolute Gasteiger partial charge is 0.495 e. The minimum Gasteiger partial charge on any atom is -0.495 e. The van der Waals surface area contributed by atoms with Gasteiger partial charge >= 0.3 is 0 Å². The van der Waals surface area contributed by atoms with Crippen LogP contribution in [-0.2, 0) is 10.0 Å². The van der Waals surface area contributed by atoms with Gasteiger partial charge in [-0.2, -0.15) is 0 Å². The van der Waals surface area contributed by atoms with E-state index < -0.39 is 16.1 Å². The lowest BCUT2D eigenvalue weighted by molar-refractivity contribution is 0.254. The number of halogens is 1. The molecule has 0 heterocycles. The van der Waals surface area contributed by atoms with Gasteiger partial charge in [-0.25, -0.2) is 13.1 Å². The van der Waals surface area contributed by atoms with Crippen molar-refractivity contribution < 1.29 is 18.3 Å². The van der Waals surface area contributed by atoms with Crippen molar-refractivity contribution in [3.8, 4) is 5.75 Å². The van der Waals surface area contributed by atoms with Crippen molar-refractivity contribution >= 4 is 21.6 Å². The van der Waals surface area contributed by atoms with Gasteiger partial charge in [-0.3, -0.25) is 0 Å². The van der Waals surface area contributed by atoms with Crippen molar-refractivity contribution in [1.82, 2.24) is 4.72 Å². The molecule has 0 aromatic heterocycles. The molecule has 1 rings (SSSR count).